The molecule has 1 unspecified atom stereocenters. The van der Waals surface area contributed by atoms with Gasteiger partial charge in [0, 0.05) is 19.2 Å². The van der Waals surface area contributed by atoms with E-state index in [0.29, 0.717) is 12.2 Å². The van der Waals surface area contributed by atoms with Gasteiger partial charge in [-0.05, 0) is 31.1 Å². The van der Waals surface area contributed by atoms with Crippen LogP contribution in [0, 0.1) is 0 Å². The number of carbonyl (C=O) groups is 1. The molecule has 0 aromatic carbocycles. The zero-order valence-electron chi connectivity index (χ0n) is 10.6. The van der Waals surface area contributed by atoms with Crippen LogP contribution in [-0.2, 0) is 24.7 Å². The van der Waals surface area contributed by atoms with Crippen molar-refractivity contribution >= 4 is 17.5 Å². The molecule has 1 atom stereocenters. The van der Waals surface area contributed by atoms with Gasteiger partial charge >= 0.3 is 0 Å². The Balaban J connectivity index is 1.99. The predicted molar refractivity (Wildman–Crippen MR) is 71.4 cm³/mol. The van der Waals surface area contributed by atoms with E-state index in [2.05, 4.69) is 18.1 Å². The van der Waals surface area contributed by atoms with Gasteiger partial charge in [0.05, 0.1) is 10.9 Å². The molecule has 0 aliphatic carbocycles. The molecule has 4 heteroatoms. The van der Waals surface area contributed by atoms with Crippen LogP contribution in [0.5, 0.6) is 0 Å². The summed E-state index contributed by atoms with van der Waals surface area (Å²) < 4.78 is 1.85. The van der Waals surface area contributed by atoms with Crippen molar-refractivity contribution in [1.82, 2.24) is 9.78 Å². The van der Waals surface area contributed by atoms with E-state index in [4.69, 9.17) is 0 Å². The highest BCUT2D eigenvalue weighted by molar-refractivity contribution is 8.00. The molecular formula is C13H20N2OS. The standard InChI is InChI=1S/C13H20N2OS/c1-3-10-8-11(15(2)14-10)9-12(16)13-6-4-5-7-17-13/h8,13H,3-7,9H2,1-2H3. The van der Waals surface area contributed by atoms with Crippen LogP contribution in [0.4, 0.5) is 0 Å². The molecule has 17 heavy (non-hydrogen) atoms. The molecule has 0 radical (unpaired) electrons. The van der Waals surface area contributed by atoms with Crippen LogP contribution in [0.3, 0.4) is 0 Å². The molecular weight excluding hydrogens is 232 g/mol. The largest absolute Gasteiger partial charge is 0.298 e. The minimum absolute atomic E-state index is 0.226. The molecule has 0 bridgehead atoms. The van der Waals surface area contributed by atoms with Crippen molar-refractivity contribution in [2.75, 3.05) is 5.75 Å². The lowest BCUT2D eigenvalue weighted by atomic mass is 10.1. The first-order valence-electron chi connectivity index (χ1n) is 6.36. The highest BCUT2D eigenvalue weighted by Crippen LogP contribution is 2.26. The smallest absolute Gasteiger partial charge is 0.151 e. The average molecular weight is 252 g/mol. The summed E-state index contributed by atoms with van der Waals surface area (Å²) in [6.45, 7) is 2.09. The number of aromatic nitrogens is 2. The maximum atomic E-state index is 12.2. The van der Waals surface area contributed by atoms with Gasteiger partial charge in [-0.15, -0.1) is 0 Å². The third kappa shape index (κ3) is 3.12. The van der Waals surface area contributed by atoms with Crippen LogP contribution in [0.25, 0.3) is 0 Å². The summed E-state index contributed by atoms with van der Waals surface area (Å²) in [5.74, 6) is 1.52. The van der Waals surface area contributed by atoms with E-state index in [9.17, 15) is 4.79 Å². The van der Waals surface area contributed by atoms with E-state index in [0.717, 1.165) is 30.0 Å². The minimum Gasteiger partial charge on any atom is -0.298 e. The first-order chi connectivity index (χ1) is 8.20. The van der Waals surface area contributed by atoms with Crippen LogP contribution in [-0.4, -0.2) is 26.6 Å². The van der Waals surface area contributed by atoms with Gasteiger partial charge in [-0.1, -0.05) is 13.3 Å². The van der Waals surface area contributed by atoms with Gasteiger partial charge < -0.3 is 0 Å². The molecule has 0 saturated carbocycles. The maximum absolute atomic E-state index is 12.2. The van der Waals surface area contributed by atoms with Crippen molar-refractivity contribution in [2.45, 2.75) is 44.3 Å². The molecule has 0 spiro atoms. The maximum Gasteiger partial charge on any atom is 0.151 e. The SMILES string of the molecule is CCc1cc(CC(=O)C2CCCCS2)n(C)n1. The fourth-order valence-corrected chi connectivity index (χ4v) is 3.45. The lowest BCUT2D eigenvalue weighted by Gasteiger charge is -2.19. The van der Waals surface area contributed by atoms with Gasteiger partial charge in [0.1, 0.15) is 0 Å². The van der Waals surface area contributed by atoms with Crippen LogP contribution in [0.1, 0.15) is 37.6 Å². The molecule has 2 rings (SSSR count). The van der Waals surface area contributed by atoms with Crippen LogP contribution < -0.4 is 0 Å². The van der Waals surface area contributed by atoms with E-state index in [1.54, 1.807) is 0 Å². The summed E-state index contributed by atoms with van der Waals surface area (Å²) in [5.41, 5.74) is 2.13. The number of ketones is 1. The van der Waals surface area contributed by atoms with Gasteiger partial charge in [0.2, 0.25) is 0 Å². The summed E-state index contributed by atoms with van der Waals surface area (Å²) in [6.07, 6.45) is 5.00. The topological polar surface area (TPSA) is 34.9 Å². The predicted octanol–water partition coefficient (Wildman–Crippen LogP) is 2.38. The summed E-state index contributed by atoms with van der Waals surface area (Å²) in [5, 5.41) is 4.61. The zero-order chi connectivity index (χ0) is 12.3. The average Bonchev–Trinajstić information content (AvgIpc) is 2.71. The first-order valence-corrected chi connectivity index (χ1v) is 7.41. The summed E-state index contributed by atoms with van der Waals surface area (Å²) in [6, 6.07) is 2.06. The number of Topliss-reactive ketones (excluding diaryl/α,β-unsaturated/α-hetero) is 1. The highest BCUT2D eigenvalue weighted by atomic mass is 32.2. The van der Waals surface area contributed by atoms with Crippen LogP contribution in [0.15, 0.2) is 6.07 Å². The lowest BCUT2D eigenvalue weighted by molar-refractivity contribution is -0.118. The molecule has 1 fully saturated rings. The van der Waals surface area contributed by atoms with Gasteiger partial charge in [0.25, 0.3) is 0 Å². The Hall–Kier alpha value is -0.770. The highest BCUT2D eigenvalue weighted by Gasteiger charge is 2.22. The molecule has 94 valence electrons. The van der Waals surface area contributed by atoms with E-state index >= 15 is 0 Å². The first kappa shape index (κ1) is 12.7. The number of nitrogens with zero attached hydrogens (tertiary/aromatic N) is 2. The van der Waals surface area contributed by atoms with E-state index in [1.165, 1.54) is 12.8 Å². The molecule has 1 saturated heterocycles. The van der Waals surface area contributed by atoms with Gasteiger partial charge in [-0.3, -0.25) is 9.48 Å². The Morgan fingerprint density at radius 2 is 2.41 bits per heavy atom. The molecule has 2 heterocycles. The van der Waals surface area contributed by atoms with E-state index in [1.807, 2.05) is 23.5 Å². The van der Waals surface area contributed by atoms with Gasteiger partial charge in [-0.25, -0.2) is 0 Å². The molecule has 1 aliphatic rings. The fourth-order valence-electron chi connectivity index (χ4n) is 2.20. The number of thioether (sulfide) groups is 1. The molecule has 3 nitrogen and oxygen atoms in total. The number of rotatable bonds is 4. The van der Waals surface area contributed by atoms with Crippen molar-refractivity contribution in [2.24, 2.45) is 7.05 Å². The third-order valence-corrected chi connectivity index (χ3v) is 4.71. The Labute approximate surface area is 107 Å². The summed E-state index contributed by atoms with van der Waals surface area (Å²) >= 11 is 1.83. The second-order valence-corrected chi connectivity index (χ2v) is 5.91. The second-order valence-electron chi connectivity index (χ2n) is 4.60. The number of hydrogen-bond acceptors (Lipinski definition) is 3. The van der Waals surface area contributed by atoms with Gasteiger partial charge in [-0.2, -0.15) is 16.9 Å². The third-order valence-electron chi connectivity index (χ3n) is 3.28. The van der Waals surface area contributed by atoms with Crippen molar-refractivity contribution in [1.29, 1.82) is 0 Å². The normalized spacial score (nSPS) is 20.5. The van der Waals surface area contributed by atoms with Gasteiger partial charge in [0.15, 0.2) is 5.78 Å². The van der Waals surface area contributed by atoms with Crippen molar-refractivity contribution in [3.63, 3.8) is 0 Å². The molecule has 1 aromatic heterocycles. The Morgan fingerprint density at radius 3 is 3.00 bits per heavy atom. The van der Waals surface area contributed by atoms with Crippen molar-refractivity contribution in [3.8, 4) is 0 Å². The summed E-state index contributed by atoms with van der Waals surface area (Å²) in [4.78, 5) is 12.2. The molecule has 0 N–H and O–H groups in total. The Kier molecular flexibility index (Phi) is 4.26. The Bertz CT molecular complexity index is 394. The van der Waals surface area contributed by atoms with E-state index < -0.39 is 0 Å². The number of aryl methyl sites for hydroxylation is 2. The van der Waals surface area contributed by atoms with Crippen molar-refractivity contribution < 1.29 is 4.79 Å². The number of hydrogen-bond donors (Lipinski definition) is 0. The van der Waals surface area contributed by atoms with Crippen molar-refractivity contribution in [3.05, 3.63) is 17.5 Å². The second kappa shape index (κ2) is 5.71. The Morgan fingerprint density at radius 1 is 1.59 bits per heavy atom. The van der Waals surface area contributed by atoms with E-state index in [-0.39, 0.29) is 5.25 Å². The molecule has 1 aliphatic heterocycles. The van der Waals surface area contributed by atoms with Crippen LogP contribution >= 0.6 is 11.8 Å². The number of carbonyl (C=O) groups excluding carboxylic acids is 1. The lowest BCUT2D eigenvalue weighted by Crippen LogP contribution is -2.23. The monoisotopic (exact) mass is 252 g/mol. The molecule has 1 aromatic rings. The molecule has 0 amide bonds. The summed E-state index contributed by atoms with van der Waals surface area (Å²) in [7, 11) is 1.93. The quantitative estimate of drug-likeness (QED) is 0.825. The fraction of sp³-hybridized carbons (Fsp3) is 0.692. The van der Waals surface area contributed by atoms with Crippen LogP contribution in [0.2, 0.25) is 0 Å². The minimum atomic E-state index is 0.226. The zero-order valence-corrected chi connectivity index (χ0v) is 11.4.